The summed E-state index contributed by atoms with van der Waals surface area (Å²) in [5, 5.41) is 9.71. The number of aliphatic carboxylic acids is 1. The molecule has 1 aliphatic rings. The molecule has 0 saturated heterocycles. The van der Waals surface area contributed by atoms with E-state index in [0.717, 1.165) is 5.56 Å². The topological polar surface area (TPSA) is 63.6 Å². The SMILES string of the molecule is CC1(c2ccccc2)Cc2cc(OC(C(=O)O)C(C)(C)C)c(Cl)c(Cl)c2C1=O. The van der Waals surface area contributed by atoms with E-state index >= 15 is 0 Å². The predicted molar refractivity (Wildman–Crippen MR) is 110 cm³/mol. The van der Waals surface area contributed by atoms with Crippen molar-refractivity contribution in [3.05, 3.63) is 63.1 Å². The molecule has 2 atom stereocenters. The number of hydrogen-bond donors (Lipinski definition) is 1. The lowest BCUT2D eigenvalue weighted by atomic mass is 9.79. The lowest BCUT2D eigenvalue weighted by molar-refractivity contribution is -0.150. The Hall–Kier alpha value is -2.04. The van der Waals surface area contributed by atoms with Crippen molar-refractivity contribution in [2.75, 3.05) is 0 Å². The van der Waals surface area contributed by atoms with Crippen LogP contribution in [-0.2, 0) is 16.6 Å². The number of carboxylic acids is 1. The summed E-state index contributed by atoms with van der Waals surface area (Å²) in [5.74, 6) is -1.01. The minimum atomic E-state index is -1.11. The second-order valence-electron chi connectivity index (χ2n) is 8.44. The maximum absolute atomic E-state index is 13.2. The minimum Gasteiger partial charge on any atom is -0.478 e. The van der Waals surface area contributed by atoms with E-state index in [1.807, 2.05) is 37.3 Å². The van der Waals surface area contributed by atoms with E-state index < -0.39 is 22.9 Å². The van der Waals surface area contributed by atoms with Gasteiger partial charge >= 0.3 is 5.97 Å². The maximum Gasteiger partial charge on any atom is 0.345 e. The van der Waals surface area contributed by atoms with Crippen LogP contribution in [0.15, 0.2) is 36.4 Å². The summed E-state index contributed by atoms with van der Waals surface area (Å²) in [6, 6.07) is 11.2. The summed E-state index contributed by atoms with van der Waals surface area (Å²) in [4.78, 5) is 24.9. The zero-order chi connectivity index (χ0) is 20.9. The summed E-state index contributed by atoms with van der Waals surface area (Å²) in [5.41, 5.74) is 0.566. The number of hydrogen-bond acceptors (Lipinski definition) is 3. The highest BCUT2D eigenvalue weighted by Crippen LogP contribution is 2.47. The van der Waals surface area contributed by atoms with Crippen LogP contribution in [-0.4, -0.2) is 23.0 Å². The van der Waals surface area contributed by atoms with Gasteiger partial charge in [-0.3, -0.25) is 4.79 Å². The van der Waals surface area contributed by atoms with Gasteiger partial charge in [-0.1, -0.05) is 74.3 Å². The molecule has 0 spiro atoms. The van der Waals surface area contributed by atoms with Crippen molar-refractivity contribution in [3.8, 4) is 5.75 Å². The summed E-state index contributed by atoms with van der Waals surface area (Å²) in [6.07, 6.45) is -0.678. The molecule has 1 N–H and O–H groups in total. The van der Waals surface area contributed by atoms with Crippen molar-refractivity contribution in [1.29, 1.82) is 0 Å². The first-order valence-electron chi connectivity index (χ1n) is 8.97. The maximum atomic E-state index is 13.2. The molecule has 0 aromatic heterocycles. The highest BCUT2D eigenvalue weighted by molar-refractivity contribution is 6.45. The smallest absolute Gasteiger partial charge is 0.345 e. The van der Waals surface area contributed by atoms with Crippen molar-refractivity contribution in [2.24, 2.45) is 5.41 Å². The van der Waals surface area contributed by atoms with Crippen LogP contribution < -0.4 is 4.74 Å². The Morgan fingerprint density at radius 2 is 1.79 bits per heavy atom. The molecule has 0 aliphatic heterocycles. The number of carbonyl (C=O) groups is 2. The molecule has 0 radical (unpaired) electrons. The lowest BCUT2D eigenvalue weighted by Gasteiger charge is -2.28. The third-order valence-corrected chi connectivity index (χ3v) is 6.04. The Bertz CT molecular complexity index is 947. The van der Waals surface area contributed by atoms with Crippen molar-refractivity contribution in [3.63, 3.8) is 0 Å². The largest absolute Gasteiger partial charge is 0.478 e. The highest BCUT2D eigenvalue weighted by atomic mass is 35.5. The summed E-state index contributed by atoms with van der Waals surface area (Å²) < 4.78 is 5.76. The molecule has 148 valence electrons. The number of benzene rings is 2. The Labute approximate surface area is 174 Å². The molecular formula is C22H22Cl2O4. The van der Waals surface area contributed by atoms with Gasteiger partial charge in [-0.2, -0.15) is 0 Å². The van der Waals surface area contributed by atoms with Gasteiger partial charge in [0.05, 0.1) is 10.4 Å². The Morgan fingerprint density at radius 1 is 1.18 bits per heavy atom. The fourth-order valence-corrected chi connectivity index (χ4v) is 4.12. The van der Waals surface area contributed by atoms with Crippen LogP contribution in [0.5, 0.6) is 5.75 Å². The summed E-state index contributed by atoms with van der Waals surface area (Å²) in [7, 11) is 0. The van der Waals surface area contributed by atoms with Gasteiger partial charge in [0.1, 0.15) is 10.8 Å². The molecule has 2 aromatic rings. The average Bonchev–Trinajstić information content (AvgIpc) is 2.88. The molecule has 0 heterocycles. The summed E-state index contributed by atoms with van der Waals surface area (Å²) >= 11 is 12.8. The number of Topliss-reactive ketones (excluding diaryl/α,β-unsaturated/α-hetero) is 1. The van der Waals surface area contributed by atoms with Crippen LogP contribution in [0.1, 0.15) is 49.2 Å². The molecule has 4 nitrogen and oxygen atoms in total. The van der Waals surface area contributed by atoms with Crippen LogP contribution >= 0.6 is 23.2 Å². The second-order valence-corrected chi connectivity index (χ2v) is 9.20. The number of rotatable bonds is 4. The lowest BCUT2D eigenvalue weighted by Crippen LogP contribution is -2.39. The number of halogens is 2. The van der Waals surface area contributed by atoms with Gasteiger partial charge in [-0.15, -0.1) is 0 Å². The molecule has 0 saturated carbocycles. The number of carboxylic acid groups (broad SMARTS) is 1. The van der Waals surface area contributed by atoms with Crippen LogP contribution in [0.2, 0.25) is 10.0 Å². The molecule has 28 heavy (non-hydrogen) atoms. The van der Waals surface area contributed by atoms with E-state index in [4.69, 9.17) is 27.9 Å². The second kappa shape index (κ2) is 7.09. The number of carbonyl (C=O) groups excluding carboxylic acids is 1. The molecule has 0 fully saturated rings. The van der Waals surface area contributed by atoms with Crippen LogP contribution in [0, 0.1) is 5.41 Å². The zero-order valence-electron chi connectivity index (χ0n) is 16.2. The first-order valence-corrected chi connectivity index (χ1v) is 9.73. The van der Waals surface area contributed by atoms with Crippen LogP contribution in [0.3, 0.4) is 0 Å². The number of ether oxygens (including phenoxy) is 1. The van der Waals surface area contributed by atoms with Crippen molar-refractivity contribution in [2.45, 2.75) is 45.6 Å². The van der Waals surface area contributed by atoms with E-state index in [9.17, 15) is 14.7 Å². The van der Waals surface area contributed by atoms with Gasteiger partial charge in [0.2, 0.25) is 0 Å². The minimum absolute atomic E-state index is 0.0570. The first-order chi connectivity index (χ1) is 13.0. The predicted octanol–water partition coefficient (Wildman–Crippen LogP) is 5.57. The van der Waals surface area contributed by atoms with Gasteiger partial charge in [0.15, 0.2) is 11.9 Å². The van der Waals surface area contributed by atoms with Gasteiger partial charge in [-0.25, -0.2) is 4.79 Å². The molecule has 1 aliphatic carbocycles. The van der Waals surface area contributed by atoms with Crippen LogP contribution in [0.25, 0.3) is 0 Å². The standard InChI is InChI=1S/C22H22Cl2O4/c1-21(2,3)19(20(26)27)28-14-10-12-11-22(4,13-8-6-5-7-9-13)18(25)15(12)17(24)16(14)23/h5-10,19H,11H2,1-4H3,(H,26,27). The van der Waals surface area contributed by atoms with Crippen molar-refractivity contribution >= 4 is 35.0 Å². The normalized spacial score (nSPS) is 20.0. The van der Waals surface area contributed by atoms with Crippen molar-refractivity contribution < 1.29 is 19.4 Å². The van der Waals surface area contributed by atoms with E-state index in [0.29, 0.717) is 17.5 Å². The van der Waals surface area contributed by atoms with E-state index in [1.165, 1.54) is 0 Å². The van der Waals surface area contributed by atoms with Crippen LogP contribution in [0.4, 0.5) is 0 Å². The quantitative estimate of drug-likeness (QED) is 0.701. The third-order valence-electron chi connectivity index (χ3n) is 5.19. The Balaban J connectivity index is 2.06. The van der Waals surface area contributed by atoms with Gasteiger partial charge in [-0.05, 0) is 30.5 Å². The average molecular weight is 421 g/mol. The molecule has 2 aromatic carbocycles. The van der Waals surface area contributed by atoms with E-state index in [2.05, 4.69) is 0 Å². The molecular weight excluding hydrogens is 399 g/mol. The number of ketones is 1. The third kappa shape index (κ3) is 3.40. The molecule has 2 unspecified atom stereocenters. The zero-order valence-corrected chi connectivity index (χ0v) is 17.7. The number of fused-ring (bicyclic) bond motifs is 1. The van der Waals surface area contributed by atoms with E-state index in [-0.39, 0.29) is 21.6 Å². The van der Waals surface area contributed by atoms with Gasteiger partial charge < -0.3 is 9.84 Å². The summed E-state index contributed by atoms with van der Waals surface area (Å²) in [6.45, 7) is 7.19. The first kappa shape index (κ1) is 20.7. The van der Waals surface area contributed by atoms with E-state index in [1.54, 1.807) is 26.8 Å². The monoisotopic (exact) mass is 420 g/mol. The molecule has 0 bridgehead atoms. The van der Waals surface area contributed by atoms with Gasteiger partial charge in [0, 0.05) is 11.0 Å². The van der Waals surface area contributed by atoms with Crippen molar-refractivity contribution in [1.82, 2.24) is 0 Å². The molecule has 3 rings (SSSR count). The van der Waals surface area contributed by atoms with Gasteiger partial charge in [0.25, 0.3) is 0 Å². The fourth-order valence-electron chi connectivity index (χ4n) is 3.62. The molecule has 6 heteroatoms. The Morgan fingerprint density at radius 3 is 2.32 bits per heavy atom. The molecule has 0 amide bonds. The Kier molecular flexibility index (Phi) is 5.24. The fraction of sp³-hybridized carbons (Fsp3) is 0.364. The highest BCUT2D eigenvalue weighted by Gasteiger charge is 2.45.